The van der Waals surface area contributed by atoms with Gasteiger partial charge in [0.05, 0.1) is 4.58 Å². The second kappa shape index (κ2) is 6.41. The average molecular weight is 226 g/mol. The molecule has 1 aromatic rings. The van der Waals surface area contributed by atoms with Gasteiger partial charge >= 0.3 is 0 Å². The molecule has 0 atom stereocenters. The first-order valence-corrected chi connectivity index (χ1v) is 7.17. The van der Waals surface area contributed by atoms with Gasteiger partial charge in [-0.25, -0.2) is 0 Å². The van der Waals surface area contributed by atoms with Gasteiger partial charge in [0.25, 0.3) is 0 Å². The molecule has 1 rings (SSSR count). The molecule has 0 bridgehead atoms. The molecule has 0 saturated heterocycles. The molecule has 14 heavy (non-hydrogen) atoms. The van der Waals surface area contributed by atoms with Crippen molar-refractivity contribution >= 4 is 23.5 Å². The maximum absolute atomic E-state index is 2.26. The first-order chi connectivity index (χ1) is 6.77. The highest BCUT2D eigenvalue weighted by Crippen LogP contribution is 2.38. The van der Waals surface area contributed by atoms with Crippen molar-refractivity contribution in [3.63, 3.8) is 0 Å². The third-order valence-electron chi connectivity index (χ3n) is 1.99. The zero-order valence-corrected chi connectivity index (χ0v) is 10.8. The minimum absolute atomic E-state index is 0.616. The number of benzene rings is 1. The number of thioether (sulfide) groups is 2. The summed E-state index contributed by atoms with van der Waals surface area (Å²) in [6.07, 6.45) is 0. The lowest BCUT2D eigenvalue weighted by molar-refractivity contribution is 1.32. The third kappa shape index (κ3) is 3.58. The Labute approximate surface area is 95.9 Å². The summed E-state index contributed by atoms with van der Waals surface area (Å²) < 4.78 is 0.616. The van der Waals surface area contributed by atoms with Crippen molar-refractivity contribution < 1.29 is 0 Å². The summed E-state index contributed by atoms with van der Waals surface area (Å²) in [6.45, 7) is 6.59. The fraction of sp³-hybridized carbons (Fsp3) is 0.500. The summed E-state index contributed by atoms with van der Waals surface area (Å²) in [7, 11) is 0. The standard InChI is InChI=1S/C12H18S2/c1-4-13-12(14-5-2)11-8-6-10(3)7-9-11/h6-9,12H,4-5H2,1-3H3. The van der Waals surface area contributed by atoms with Crippen molar-refractivity contribution in [1.29, 1.82) is 0 Å². The van der Waals surface area contributed by atoms with Gasteiger partial charge in [-0.05, 0) is 24.0 Å². The van der Waals surface area contributed by atoms with Gasteiger partial charge in [0.15, 0.2) is 0 Å². The number of rotatable bonds is 5. The van der Waals surface area contributed by atoms with Crippen molar-refractivity contribution in [1.82, 2.24) is 0 Å². The van der Waals surface area contributed by atoms with Crippen molar-refractivity contribution in [2.75, 3.05) is 11.5 Å². The summed E-state index contributed by atoms with van der Waals surface area (Å²) in [5, 5.41) is 0. The molecule has 0 aliphatic carbocycles. The molecule has 0 nitrogen and oxygen atoms in total. The molecule has 2 heteroatoms. The summed E-state index contributed by atoms with van der Waals surface area (Å²) in [5.41, 5.74) is 2.80. The fourth-order valence-corrected chi connectivity index (χ4v) is 3.77. The number of aryl methyl sites for hydroxylation is 1. The Balaban J connectivity index is 2.71. The minimum Gasteiger partial charge on any atom is -0.143 e. The van der Waals surface area contributed by atoms with Gasteiger partial charge in [-0.3, -0.25) is 0 Å². The summed E-state index contributed by atoms with van der Waals surface area (Å²) in [6, 6.07) is 8.92. The zero-order chi connectivity index (χ0) is 10.4. The van der Waals surface area contributed by atoms with E-state index in [0.29, 0.717) is 4.58 Å². The van der Waals surface area contributed by atoms with Crippen LogP contribution in [0.1, 0.15) is 29.6 Å². The van der Waals surface area contributed by atoms with Crippen LogP contribution in [0.3, 0.4) is 0 Å². The van der Waals surface area contributed by atoms with Crippen molar-refractivity contribution in [3.8, 4) is 0 Å². The highest BCUT2D eigenvalue weighted by Gasteiger charge is 2.09. The maximum atomic E-state index is 2.26. The first-order valence-electron chi connectivity index (χ1n) is 5.07. The Hall–Kier alpha value is -0.0800. The van der Waals surface area contributed by atoms with Gasteiger partial charge in [-0.1, -0.05) is 43.7 Å². The molecular formula is C12H18S2. The topological polar surface area (TPSA) is 0 Å². The minimum atomic E-state index is 0.616. The molecule has 0 saturated carbocycles. The Kier molecular flexibility index (Phi) is 5.49. The smallest absolute Gasteiger partial charge is 0.0751 e. The Morgan fingerprint density at radius 2 is 1.50 bits per heavy atom. The van der Waals surface area contributed by atoms with E-state index in [2.05, 4.69) is 45.0 Å². The zero-order valence-electron chi connectivity index (χ0n) is 9.12. The van der Waals surface area contributed by atoms with Crippen LogP contribution in [0.5, 0.6) is 0 Å². The van der Waals surface area contributed by atoms with Crippen LogP contribution in [0.4, 0.5) is 0 Å². The lowest BCUT2D eigenvalue weighted by Crippen LogP contribution is -1.90. The van der Waals surface area contributed by atoms with Gasteiger partial charge in [0, 0.05) is 0 Å². The van der Waals surface area contributed by atoms with Crippen LogP contribution in [0.25, 0.3) is 0 Å². The molecule has 0 fully saturated rings. The highest BCUT2D eigenvalue weighted by molar-refractivity contribution is 8.16. The molecule has 0 unspecified atom stereocenters. The van der Waals surface area contributed by atoms with Gasteiger partial charge in [0.1, 0.15) is 0 Å². The summed E-state index contributed by atoms with van der Waals surface area (Å²) in [5.74, 6) is 2.37. The third-order valence-corrected chi connectivity index (χ3v) is 4.62. The monoisotopic (exact) mass is 226 g/mol. The highest BCUT2D eigenvalue weighted by atomic mass is 32.2. The Morgan fingerprint density at radius 3 is 1.93 bits per heavy atom. The van der Waals surface area contributed by atoms with E-state index in [0.717, 1.165) is 0 Å². The Morgan fingerprint density at radius 1 is 1.00 bits per heavy atom. The second-order valence-corrected chi connectivity index (χ2v) is 6.22. The molecule has 0 N–H and O–H groups in total. The van der Waals surface area contributed by atoms with Crippen LogP contribution in [-0.4, -0.2) is 11.5 Å². The molecule has 1 aromatic carbocycles. The van der Waals surface area contributed by atoms with Crippen LogP contribution in [0.15, 0.2) is 24.3 Å². The van der Waals surface area contributed by atoms with E-state index in [4.69, 9.17) is 0 Å². The average Bonchev–Trinajstić information content (AvgIpc) is 2.19. The first kappa shape index (κ1) is 12.0. The predicted octanol–water partition coefficient (Wildman–Crippen LogP) is 4.50. The van der Waals surface area contributed by atoms with E-state index in [1.54, 1.807) is 0 Å². The molecule has 78 valence electrons. The van der Waals surface area contributed by atoms with Crippen molar-refractivity contribution in [2.45, 2.75) is 25.4 Å². The SMILES string of the molecule is CCSC(SCC)c1ccc(C)cc1. The van der Waals surface area contributed by atoms with Crippen LogP contribution in [-0.2, 0) is 0 Å². The van der Waals surface area contributed by atoms with Crippen molar-refractivity contribution in [3.05, 3.63) is 35.4 Å². The molecular weight excluding hydrogens is 208 g/mol. The Bertz CT molecular complexity index is 248. The summed E-state index contributed by atoms with van der Waals surface area (Å²) in [4.78, 5) is 0. The molecule has 0 aromatic heterocycles. The van der Waals surface area contributed by atoms with Crippen LogP contribution in [0, 0.1) is 6.92 Å². The van der Waals surface area contributed by atoms with Gasteiger partial charge in [0.2, 0.25) is 0 Å². The van der Waals surface area contributed by atoms with E-state index in [-0.39, 0.29) is 0 Å². The van der Waals surface area contributed by atoms with Crippen molar-refractivity contribution in [2.24, 2.45) is 0 Å². The van der Waals surface area contributed by atoms with E-state index in [1.807, 2.05) is 23.5 Å². The maximum Gasteiger partial charge on any atom is 0.0751 e. The predicted molar refractivity (Wildman–Crippen MR) is 70.2 cm³/mol. The van der Waals surface area contributed by atoms with Gasteiger partial charge < -0.3 is 0 Å². The molecule has 0 amide bonds. The van der Waals surface area contributed by atoms with Crippen LogP contribution >= 0.6 is 23.5 Å². The van der Waals surface area contributed by atoms with E-state index in [9.17, 15) is 0 Å². The lowest BCUT2D eigenvalue weighted by atomic mass is 10.2. The molecule has 0 aliphatic heterocycles. The summed E-state index contributed by atoms with van der Waals surface area (Å²) >= 11 is 4.05. The van der Waals surface area contributed by atoms with Gasteiger partial charge in [-0.15, -0.1) is 23.5 Å². The largest absolute Gasteiger partial charge is 0.143 e. The molecule has 0 spiro atoms. The van der Waals surface area contributed by atoms with E-state index in [1.165, 1.54) is 22.6 Å². The number of hydrogen-bond donors (Lipinski definition) is 0. The fourth-order valence-electron chi connectivity index (χ4n) is 1.27. The molecule has 0 heterocycles. The van der Waals surface area contributed by atoms with E-state index < -0.39 is 0 Å². The molecule has 0 radical (unpaired) electrons. The van der Waals surface area contributed by atoms with Gasteiger partial charge in [-0.2, -0.15) is 0 Å². The number of hydrogen-bond acceptors (Lipinski definition) is 2. The molecule has 0 aliphatic rings. The quantitative estimate of drug-likeness (QED) is 0.678. The van der Waals surface area contributed by atoms with E-state index >= 15 is 0 Å². The lowest BCUT2D eigenvalue weighted by Gasteiger charge is -2.14. The van der Waals surface area contributed by atoms with Crippen LogP contribution in [0.2, 0.25) is 0 Å². The van der Waals surface area contributed by atoms with Crippen LogP contribution < -0.4 is 0 Å². The normalized spacial score (nSPS) is 10.9. The second-order valence-electron chi connectivity index (χ2n) is 3.15.